The molecule has 2 nitrogen and oxygen atoms in total. The molecule has 0 atom stereocenters. The van der Waals surface area contributed by atoms with Crippen LogP contribution in [0.1, 0.15) is 10.6 Å². The van der Waals surface area contributed by atoms with Crippen molar-refractivity contribution in [3.05, 3.63) is 46.4 Å². The SMILES string of the molecule is Cc1ccc(OCc2nccs2)cc1. The lowest BCUT2D eigenvalue weighted by Gasteiger charge is -2.03. The number of benzene rings is 1. The molecule has 0 unspecified atom stereocenters. The molecule has 2 aromatic rings. The Labute approximate surface area is 87.2 Å². The first-order chi connectivity index (χ1) is 6.84. The normalized spacial score (nSPS) is 10.1. The first-order valence-corrected chi connectivity index (χ1v) is 5.30. The van der Waals surface area contributed by atoms with E-state index in [1.807, 2.05) is 29.6 Å². The van der Waals surface area contributed by atoms with Crippen molar-refractivity contribution in [3.8, 4) is 5.75 Å². The highest BCUT2D eigenvalue weighted by atomic mass is 32.1. The van der Waals surface area contributed by atoms with Gasteiger partial charge in [0.2, 0.25) is 0 Å². The Balaban J connectivity index is 1.95. The molecule has 0 amide bonds. The second kappa shape index (κ2) is 4.24. The van der Waals surface area contributed by atoms with E-state index >= 15 is 0 Å². The molecule has 0 saturated carbocycles. The predicted molar refractivity (Wildman–Crippen MR) is 57.6 cm³/mol. The minimum Gasteiger partial charge on any atom is -0.486 e. The first-order valence-electron chi connectivity index (χ1n) is 4.42. The lowest BCUT2D eigenvalue weighted by atomic mass is 10.2. The number of aryl methyl sites for hydroxylation is 1. The van der Waals surface area contributed by atoms with Crippen LogP contribution in [-0.2, 0) is 6.61 Å². The summed E-state index contributed by atoms with van der Waals surface area (Å²) in [6.07, 6.45) is 1.79. The van der Waals surface area contributed by atoms with Gasteiger partial charge in [-0.15, -0.1) is 11.3 Å². The lowest BCUT2D eigenvalue weighted by molar-refractivity contribution is 0.305. The van der Waals surface area contributed by atoms with E-state index in [9.17, 15) is 0 Å². The van der Waals surface area contributed by atoms with Gasteiger partial charge in [-0.05, 0) is 19.1 Å². The summed E-state index contributed by atoms with van der Waals surface area (Å²) in [5.41, 5.74) is 1.24. The molecule has 1 aromatic carbocycles. The molecule has 0 aliphatic carbocycles. The van der Waals surface area contributed by atoms with Gasteiger partial charge in [0, 0.05) is 11.6 Å². The number of nitrogens with zero attached hydrogens (tertiary/aromatic N) is 1. The molecule has 0 spiro atoms. The van der Waals surface area contributed by atoms with Gasteiger partial charge in [-0.25, -0.2) is 4.98 Å². The van der Waals surface area contributed by atoms with Crippen LogP contribution in [0.15, 0.2) is 35.8 Å². The van der Waals surface area contributed by atoms with E-state index in [4.69, 9.17) is 4.74 Å². The molecule has 0 saturated heterocycles. The van der Waals surface area contributed by atoms with Gasteiger partial charge in [0.1, 0.15) is 17.4 Å². The highest BCUT2D eigenvalue weighted by Gasteiger charge is 1.96. The molecule has 1 aromatic heterocycles. The van der Waals surface area contributed by atoms with E-state index in [1.54, 1.807) is 17.5 Å². The third-order valence-corrected chi connectivity index (χ3v) is 2.62. The van der Waals surface area contributed by atoms with Crippen molar-refractivity contribution in [1.29, 1.82) is 0 Å². The topological polar surface area (TPSA) is 22.1 Å². The van der Waals surface area contributed by atoms with Gasteiger partial charge < -0.3 is 4.74 Å². The van der Waals surface area contributed by atoms with E-state index in [-0.39, 0.29) is 0 Å². The third kappa shape index (κ3) is 2.33. The van der Waals surface area contributed by atoms with Crippen molar-refractivity contribution in [2.75, 3.05) is 0 Å². The van der Waals surface area contributed by atoms with Gasteiger partial charge in [-0.3, -0.25) is 0 Å². The van der Waals surface area contributed by atoms with Crippen LogP contribution in [-0.4, -0.2) is 4.98 Å². The molecule has 1 heterocycles. The quantitative estimate of drug-likeness (QED) is 0.768. The Kier molecular flexibility index (Phi) is 2.79. The molecule has 0 radical (unpaired) electrons. The fourth-order valence-electron chi connectivity index (χ4n) is 1.10. The average Bonchev–Trinajstić information content (AvgIpc) is 2.70. The molecule has 0 fully saturated rings. The maximum atomic E-state index is 5.55. The first kappa shape index (κ1) is 9.21. The fourth-order valence-corrected chi connectivity index (χ4v) is 1.63. The van der Waals surface area contributed by atoms with E-state index < -0.39 is 0 Å². The van der Waals surface area contributed by atoms with Crippen LogP contribution in [0.25, 0.3) is 0 Å². The van der Waals surface area contributed by atoms with Crippen molar-refractivity contribution < 1.29 is 4.74 Å². The predicted octanol–water partition coefficient (Wildman–Crippen LogP) is 3.03. The van der Waals surface area contributed by atoms with Gasteiger partial charge in [0.05, 0.1) is 0 Å². The van der Waals surface area contributed by atoms with Crippen LogP contribution in [0.5, 0.6) is 5.75 Å². The minimum absolute atomic E-state index is 0.556. The Morgan fingerprint density at radius 1 is 1.29 bits per heavy atom. The zero-order valence-corrected chi connectivity index (χ0v) is 8.75. The van der Waals surface area contributed by atoms with Gasteiger partial charge in [-0.1, -0.05) is 17.7 Å². The van der Waals surface area contributed by atoms with Gasteiger partial charge in [-0.2, -0.15) is 0 Å². The van der Waals surface area contributed by atoms with Crippen molar-refractivity contribution in [2.45, 2.75) is 13.5 Å². The minimum atomic E-state index is 0.556. The highest BCUT2D eigenvalue weighted by Crippen LogP contribution is 2.14. The van der Waals surface area contributed by atoms with Crippen molar-refractivity contribution in [2.24, 2.45) is 0 Å². The summed E-state index contributed by atoms with van der Waals surface area (Å²) in [6.45, 7) is 2.62. The largest absolute Gasteiger partial charge is 0.486 e. The van der Waals surface area contributed by atoms with E-state index in [1.165, 1.54) is 5.56 Å². The molecule has 3 heteroatoms. The second-order valence-corrected chi connectivity index (χ2v) is 4.01. The molecular formula is C11H11NOS. The van der Waals surface area contributed by atoms with Crippen LogP contribution in [0, 0.1) is 6.92 Å². The fraction of sp³-hybridized carbons (Fsp3) is 0.182. The number of aromatic nitrogens is 1. The van der Waals surface area contributed by atoms with Gasteiger partial charge in [0.25, 0.3) is 0 Å². The Hall–Kier alpha value is -1.35. The maximum Gasteiger partial charge on any atom is 0.140 e. The molecule has 0 aliphatic rings. The summed E-state index contributed by atoms with van der Waals surface area (Å²) in [5.74, 6) is 0.894. The van der Waals surface area contributed by atoms with E-state index in [0.717, 1.165) is 10.8 Å². The standard InChI is InChI=1S/C11H11NOS/c1-9-2-4-10(5-3-9)13-8-11-12-6-7-14-11/h2-7H,8H2,1H3. The molecule has 0 aliphatic heterocycles. The summed E-state index contributed by atoms with van der Waals surface area (Å²) < 4.78 is 5.55. The third-order valence-electron chi connectivity index (χ3n) is 1.87. The lowest BCUT2D eigenvalue weighted by Crippen LogP contribution is -1.93. The van der Waals surface area contributed by atoms with Gasteiger partial charge in [0.15, 0.2) is 0 Å². The molecule has 0 N–H and O–H groups in total. The van der Waals surface area contributed by atoms with Crippen LogP contribution in [0.3, 0.4) is 0 Å². The zero-order chi connectivity index (χ0) is 9.80. The molecule has 72 valence electrons. The molecule has 14 heavy (non-hydrogen) atoms. The Morgan fingerprint density at radius 3 is 2.71 bits per heavy atom. The van der Waals surface area contributed by atoms with Crippen molar-refractivity contribution >= 4 is 11.3 Å². The summed E-state index contributed by atoms with van der Waals surface area (Å²) in [4.78, 5) is 4.14. The smallest absolute Gasteiger partial charge is 0.140 e. The number of thiazole rings is 1. The Bertz CT molecular complexity index is 380. The van der Waals surface area contributed by atoms with Crippen LogP contribution >= 0.6 is 11.3 Å². The van der Waals surface area contributed by atoms with E-state index in [0.29, 0.717) is 6.61 Å². The van der Waals surface area contributed by atoms with Crippen LogP contribution in [0.4, 0.5) is 0 Å². The highest BCUT2D eigenvalue weighted by molar-refractivity contribution is 7.09. The molecule has 2 rings (SSSR count). The molecular weight excluding hydrogens is 194 g/mol. The second-order valence-electron chi connectivity index (χ2n) is 3.03. The zero-order valence-electron chi connectivity index (χ0n) is 7.93. The molecule has 0 bridgehead atoms. The number of hydrogen-bond donors (Lipinski definition) is 0. The van der Waals surface area contributed by atoms with Crippen molar-refractivity contribution in [1.82, 2.24) is 4.98 Å². The number of ether oxygens (including phenoxy) is 1. The summed E-state index contributed by atoms with van der Waals surface area (Å²) >= 11 is 1.61. The summed E-state index contributed by atoms with van der Waals surface area (Å²) in [7, 11) is 0. The number of rotatable bonds is 3. The monoisotopic (exact) mass is 205 g/mol. The van der Waals surface area contributed by atoms with Crippen molar-refractivity contribution in [3.63, 3.8) is 0 Å². The van der Waals surface area contributed by atoms with E-state index in [2.05, 4.69) is 11.9 Å². The number of hydrogen-bond acceptors (Lipinski definition) is 3. The van der Waals surface area contributed by atoms with Gasteiger partial charge >= 0.3 is 0 Å². The maximum absolute atomic E-state index is 5.55. The average molecular weight is 205 g/mol. The summed E-state index contributed by atoms with van der Waals surface area (Å²) in [5, 5.41) is 2.96. The van der Waals surface area contributed by atoms with Crippen LogP contribution < -0.4 is 4.74 Å². The Morgan fingerprint density at radius 2 is 2.07 bits per heavy atom. The summed E-state index contributed by atoms with van der Waals surface area (Å²) in [6, 6.07) is 8.03. The van der Waals surface area contributed by atoms with Crippen LogP contribution in [0.2, 0.25) is 0 Å².